The van der Waals surface area contributed by atoms with Gasteiger partial charge in [0.15, 0.2) is 0 Å². The number of hydrogen-bond donors (Lipinski definition) is 1. The molecule has 1 rings (SSSR count). The van der Waals surface area contributed by atoms with E-state index in [1.54, 1.807) is 0 Å². The van der Waals surface area contributed by atoms with Crippen LogP contribution in [0, 0.1) is 6.92 Å². The normalized spacial score (nSPS) is 10.4. The molecule has 0 fully saturated rings. The monoisotopic (exact) mass is 199 g/mol. The molecule has 0 radical (unpaired) electrons. The molecule has 0 aliphatic carbocycles. The summed E-state index contributed by atoms with van der Waals surface area (Å²) in [6.07, 6.45) is 3.17. The van der Waals surface area contributed by atoms with Crippen LogP contribution in [0.5, 0.6) is 0 Å². The van der Waals surface area contributed by atoms with E-state index in [4.69, 9.17) is 17.3 Å². The Labute approximate surface area is 83.3 Å². The molecule has 4 heteroatoms. The largest absolute Gasteiger partial charge is 0.368 e. The van der Waals surface area contributed by atoms with E-state index in [0.29, 0.717) is 5.15 Å². The Morgan fingerprint density at radius 1 is 1.38 bits per heavy atom. The number of hydrogen-bond acceptors (Lipinski definition) is 3. The summed E-state index contributed by atoms with van der Waals surface area (Å²) < 4.78 is 0. The van der Waals surface area contributed by atoms with Crippen molar-refractivity contribution in [2.45, 2.75) is 33.1 Å². The standard InChI is InChI=1S/C9H14ClN3/c1-3-4-5-7-6(2)8(10)13-9(11)12-7/h3-5H2,1-2H3,(H2,11,12,13). The predicted molar refractivity (Wildman–Crippen MR) is 54.8 cm³/mol. The first-order chi connectivity index (χ1) is 6.15. The van der Waals surface area contributed by atoms with E-state index in [2.05, 4.69) is 16.9 Å². The quantitative estimate of drug-likeness (QED) is 0.761. The Hall–Kier alpha value is -0.830. The van der Waals surface area contributed by atoms with Gasteiger partial charge in [-0.05, 0) is 19.8 Å². The number of nitrogens with two attached hydrogens (primary N) is 1. The first kappa shape index (κ1) is 10.3. The maximum absolute atomic E-state index is 5.87. The molecule has 1 aromatic heterocycles. The van der Waals surface area contributed by atoms with Crippen molar-refractivity contribution >= 4 is 17.5 Å². The lowest BCUT2D eigenvalue weighted by atomic mass is 10.1. The van der Waals surface area contributed by atoms with Crippen LogP contribution in [0.3, 0.4) is 0 Å². The Kier molecular flexibility index (Phi) is 3.48. The molecule has 3 nitrogen and oxygen atoms in total. The van der Waals surface area contributed by atoms with Gasteiger partial charge in [0, 0.05) is 5.56 Å². The molecule has 72 valence electrons. The second-order valence-corrected chi connectivity index (χ2v) is 3.41. The fourth-order valence-corrected chi connectivity index (χ4v) is 1.33. The van der Waals surface area contributed by atoms with Crippen molar-refractivity contribution in [3.05, 3.63) is 16.4 Å². The molecule has 2 N–H and O–H groups in total. The van der Waals surface area contributed by atoms with Gasteiger partial charge >= 0.3 is 0 Å². The molecule has 0 aliphatic rings. The maximum atomic E-state index is 5.87. The van der Waals surface area contributed by atoms with Crippen LogP contribution in [-0.2, 0) is 6.42 Å². The topological polar surface area (TPSA) is 51.8 Å². The summed E-state index contributed by atoms with van der Waals surface area (Å²) in [5, 5.41) is 0.471. The van der Waals surface area contributed by atoms with Gasteiger partial charge < -0.3 is 5.73 Å². The number of unbranched alkanes of at least 4 members (excludes halogenated alkanes) is 1. The molecular formula is C9H14ClN3. The van der Waals surface area contributed by atoms with Crippen LogP contribution in [0.25, 0.3) is 0 Å². The highest BCUT2D eigenvalue weighted by Crippen LogP contribution is 2.17. The van der Waals surface area contributed by atoms with Crippen LogP contribution in [0.4, 0.5) is 5.95 Å². The molecule has 0 aliphatic heterocycles. The van der Waals surface area contributed by atoms with Gasteiger partial charge in [0.2, 0.25) is 5.95 Å². The summed E-state index contributed by atoms with van der Waals surface area (Å²) in [5.74, 6) is 0.265. The summed E-state index contributed by atoms with van der Waals surface area (Å²) in [6, 6.07) is 0. The van der Waals surface area contributed by atoms with Gasteiger partial charge in [0.05, 0.1) is 5.69 Å². The number of aryl methyl sites for hydroxylation is 1. The maximum Gasteiger partial charge on any atom is 0.221 e. The van der Waals surface area contributed by atoms with E-state index in [1.807, 2.05) is 6.92 Å². The zero-order chi connectivity index (χ0) is 9.84. The number of aromatic nitrogens is 2. The SMILES string of the molecule is CCCCc1nc(N)nc(Cl)c1C. The van der Waals surface area contributed by atoms with Gasteiger partial charge in [0.25, 0.3) is 0 Å². The third-order valence-electron chi connectivity index (χ3n) is 1.97. The van der Waals surface area contributed by atoms with Crippen LogP contribution in [-0.4, -0.2) is 9.97 Å². The molecule has 1 heterocycles. The lowest BCUT2D eigenvalue weighted by molar-refractivity contribution is 0.769. The van der Waals surface area contributed by atoms with Crippen molar-refractivity contribution in [3.8, 4) is 0 Å². The van der Waals surface area contributed by atoms with E-state index < -0.39 is 0 Å². The van der Waals surface area contributed by atoms with Crippen molar-refractivity contribution in [3.63, 3.8) is 0 Å². The number of nitrogens with zero attached hydrogens (tertiary/aromatic N) is 2. The van der Waals surface area contributed by atoms with E-state index >= 15 is 0 Å². The van der Waals surface area contributed by atoms with Gasteiger partial charge in [-0.2, -0.15) is 0 Å². The second kappa shape index (κ2) is 4.42. The minimum Gasteiger partial charge on any atom is -0.368 e. The predicted octanol–water partition coefficient (Wildman–Crippen LogP) is 2.36. The Balaban J connectivity index is 2.92. The van der Waals surface area contributed by atoms with E-state index in [0.717, 1.165) is 30.5 Å². The number of nitrogen functional groups attached to an aromatic ring is 1. The molecule has 0 spiro atoms. The molecule has 0 aromatic carbocycles. The van der Waals surface area contributed by atoms with Gasteiger partial charge in [-0.15, -0.1) is 0 Å². The van der Waals surface area contributed by atoms with Gasteiger partial charge in [-0.25, -0.2) is 9.97 Å². The summed E-state index contributed by atoms with van der Waals surface area (Å²) in [4.78, 5) is 8.03. The van der Waals surface area contributed by atoms with Crippen molar-refractivity contribution < 1.29 is 0 Å². The molecule has 0 saturated heterocycles. The van der Waals surface area contributed by atoms with Crippen molar-refractivity contribution in [1.82, 2.24) is 9.97 Å². The Morgan fingerprint density at radius 3 is 2.69 bits per heavy atom. The average Bonchev–Trinajstić information content (AvgIpc) is 2.09. The van der Waals surface area contributed by atoms with Crippen LogP contribution < -0.4 is 5.73 Å². The highest BCUT2D eigenvalue weighted by molar-refractivity contribution is 6.30. The second-order valence-electron chi connectivity index (χ2n) is 3.05. The van der Waals surface area contributed by atoms with Crippen molar-refractivity contribution in [2.24, 2.45) is 0 Å². The Morgan fingerprint density at radius 2 is 2.08 bits per heavy atom. The van der Waals surface area contributed by atoms with E-state index in [1.165, 1.54) is 0 Å². The lowest BCUT2D eigenvalue weighted by Gasteiger charge is -2.05. The molecule has 13 heavy (non-hydrogen) atoms. The van der Waals surface area contributed by atoms with Crippen LogP contribution in [0.15, 0.2) is 0 Å². The average molecular weight is 200 g/mol. The van der Waals surface area contributed by atoms with E-state index in [-0.39, 0.29) is 5.95 Å². The zero-order valence-corrected chi connectivity index (χ0v) is 8.73. The number of rotatable bonds is 3. The third-order valence-corrected chi connectivity index (χ3v) is 2.34. The molecule has 1 aromatic rings. The molecule has 0 bridgehead atoms. The first-order valence-electron chi connectivity index (χ1n) is 4.43. The fourth-order valence-electron chi connectivity index (χ4n) is 1.14. The molecule has 0 amide bonds. The van der Waals surface area contributed by atoms with Gasteiger partial charge in [-0.1, -0.05) is 24.9 Å². The van der Waals surface area contributed by atoms with Crippen molar-refractivity contribution in [1.29, 1.82) is 0 Å². The third kappa shape index (κ3) is 2.56. The highest BCUT2D eigenvalue weighted by atomic mass is 35.5. The Bertz CT molecular complexity index is 299. The van der Waals surface area contributed by atoms with Gasteiger partial charge in [0.1, 0.15) is 5.15 Å². The van der Waals surface area contributed by atoms with Crippen LogP contribution in [0.2, 0.25) is 5.15 Å². The molecule has 0 saturated carbocycles. The fraction of sp³-hybridized carbons (Fsp3) is 0.556. The molecular weight excluding hydrogens is 186 g/mol. The minimum atomic E-state index is 0.265. The summed E-state index contributed by atoms with van der Waals surface area (Å²) in [7, 11) is 0. The number of halogens is 1. The first-order valence-corrected chi connectivity index (χ1v) is 4.81. The van der Waals surface area contributed by atoms with E-state index in [9.17, 15) is 0 Å². The summed E-state index contributed by atoms with van der Waals surface area (Å²) in [5.41, 5.74) is 7.41. The van der Waals surface area contributed by atoms with Crippen LogP contribution in [0.1, 0.15) is 31.0 Å². The summed E-state index contributed by atoms with van der Waals surface area (Å²) in [6.45, 7) is 4.06. The smallest absolute Gasteiger partial charge is 0.221 e. The molecule has 0 unspecified atom stereocenters. The number of anilines is 1. The van der Waals surface area contributed by atoms with Crippen molar-refractivity contribution in [2.75, 3.05) is 5.73 Å². The van der Waals surface area contributed by atoms with Crippen LogP contribution >= 0.6 is 11.6 Å². The summed E-state index contributed by atoms with van der Waals surface area (Å²) >= 11 is 5.87. The van der Waals surface area contributed by atoms with Gasteiger partial charge in [-0.3, -0.25) is 0 Å². The highest BCUT2D eigenvalue weighted by Gasteiger charge is 2.06. The molecule has 0 atom stereocenters. The minimum absolute atomic E-state index is 0.265. The lowest BCUT2D eigenvalue weighted by Crippen LogP contribution is -2.03. The zero-order valence-electron chi connectivity index (χ0n) is 7.97.